The lowest BCUT2D eigenvalue weighted by Crippen LogP contribution is -2.28. The van der Waals surface area contributed by atoms with Crippen LogP contribution in [0.3, 0.4) is 0 Å². The second-order valence-electron chi connectivity index (χ2n) is 14.2. The summed E-state index contributed by atoms with van der Waals surface area (Å²) in [6.45, 7) is 10.4. The molecule has 9 heteroatoms. The van der Waals surface area contributed by atoms with E-state index in [1.54, 1.807) is 0 Å². The normalized spacial score (nSPS) is 14.1. The third-order valence-corrected chi connectivity index (χ3v) is 9.23. The van der Waals surface area contributed by atoms with Gasteiger partial charge < -0.3 is 34.3 Å². The summed E-state index contributed by atoms with van der Waals surface area (Å²) in [6, 6.07) is 0. The number of hydrogen-bond donors (Lipinski definition) is 3. The zero-order valence-electron chi connectivity index (χ0n) is 34.7. The summed E-state index contributed by atoms with van der Waals surface area (Å²) in [4.78, 5) is 24.6. The average Bonchev–Trinajstić information content (AvgIpc) is 3.15. The van der Waals surface area contributed by atoms with Crippen molar-refractivity contribution in [2.24, 2.45) is 11.8 Å². The molecule has 0 aliphatic carbocycles. The molecule has 314 valence electrons. The number of unbranched alkanes of at least 4 members (excludes halogenated alkanes) is 8. The summed E-state index contributed by atoms with van der Waals surface area (Å²) < 4.78 is 24.2. The molecule has 9 nitrogen and oxygen atoms in total. The van der Waals surface area contributed by atoms with Crippen LogP contribution in [0.15, 0.2) is 48.6 Å². The molecule has 0 saturated heterocycles. The maximum absolute atomic E-state index is 12.3. The first kappa shape index (κ1) is 51.7. The summed E-state index contributed by atoms with van der Waals surface area (Å²) in [5.74, 6) is -3.39. The van der Waals surface area contributed by atoms with Crippen LogP contribution in [0.2, 0.25) is 0 Å². The lowest BCUT2D eigenvalue weighted by molar-refractivity contribution is -0.166. The van der Waals surface area contributed by atoms with E-state index in [4.69, 9.17) is 18.9 Å². The van der Waals surface area contributed by atoms with Crippen LogP contribution in [0.4, 0.5) is 0 Å². The maximum atomic E-state index is 12.3. The molecule has 0 saturated carbocycles. The van der Waals surface area contributed by atoms with Gasteiger partial charge in [-0.1, -0.05) is 76.3 Å². The standard InChI is InChI=1S/C45H80O9/c1-5-9-13-17-21-25-33-51-42(52-34-26-22-18-14-10-6-2)37-39(44(47)48)29-31-41(46)32-30-40(45(49)50)38-43(53-35-27-23-19-15-11-7-3)54-36-28-24-20-16-12-8-4/h9-16,39-43,46H,5-8,17-38H2,1-4H3,(H,47,48)(H,49,50)/b13-9-,14-10-,15-11-,16-12-. The lowest BCUT2D eigenvalue weighted by Gasteiger charge is -2.24. The average molecular weight is 765 g/mol. The van der Waals surface area contributed by atoms with Crippen molar-refractivity contribution in [3.05, 3.63) is 48.6 Å². The third kappa shape index (κ3) is 33.1. The van der Waals surface area contributed by atoms with Gasteiger partial charge in [-0.05, 0) is 128 Å². The van der Waals surface area contributed by atoms with Gasteiger partial charge in [0.2, 0.25) is 0 Å². The van der Waals surface area contributed by atoms with E-state index in [1.807, 2.05) is 0 Å². The van der Waals surface area contributed by atoms with Gasteiger partial charge in [-0.25, -0.2) is 0 Å². The fraction of sp³-hybridized carbons (Fsp3) is 0.778. The van der Waals surface area contributed by atoms with Crippen LogP contribution >= 0.6 is 0 Å². The minimum atomic E-state index is -0.947. The number of carboxylic acids is 2. The van der Waals surface area contributed by atoms with Crippen molar-refractivity contribution in [2.75, 3.05) is 26.4 Å². The van der Waals surface area contributed by atoms with Crippen molar-refractivity contribution in [3.63, 3.8) is 0 Å². The van der Waals surface area contributed by atoms with E-state index >= 15 is 0 Å². The number of aliphatic hydroxyl groups is 1. The molecule has 0 heterocycles. The van der Waals surface area contributed by atoms with Gasteiger partial charge in [-0.15, -0.1) is 0 Å². The largest absolute Gasteiger partial charge is 0.481 e. The molecule has 0 aliphatic rings. The van der Waals surface area contributed by atoms with Crippen molar-refractivity contribution in [1.82, 2.24) is 0 Å². The smallest absolute Gasteiger partial charge is 0.306 e. The quantitative estimate of drug-likeness (QED) is 0.0317. The van der Waals surface area contributed by atoms with Crippen molar-refractivity contribution in [3.8, 4) is 0 Å². The molecular formula is C45H80O9. The van der Waals surface area contributed by atoms with Crippen molar-refractivity contribution >= 4 is 11.9 Å². The van der Waals surface area contributed by atoms with Crippen LogP contribution in [0.5, 0.6) is 0 Å². The Morgan fingerprint density at radius 1 is 0.444 bits per heavy atom. The van der Waals surface area contributed by atoms with E-state index in [9.17, 15) is 24.9 Å². The van der Waals surface area contributed by atoms with Gasteiger partial charge in [0.1, 0.15) is 0 Å². The Labute approximate surface area is 329 Å². The number of aliphatic carboxylic acids is 2. The minimum absolute atomic E-state index is 0.200. The molecule has 0 amide bonds. The van der Waals surface area contributed by atoms with Crippen LogP contribution in [-0.4, -0.2) is 72.4 Å². The summed E-state index contributed by atoms with van der Waals surface area (Å²) in [5.41, 5.74) is 0. The van der Waals surface area contributed by atoms with E-state index in [-0.39, 0.29) is 38.5 Å². The molecule has 0 bridgehead atoms. The summed E-state index contributed by atoms with van der Waals surface area (Å²) in [6.07, 6.45) is 32.1. The molecule has 54 heavy (non-hydrogen) atoms. The first-order valence-corrected chi connectivity index (χ1v) is 21.5. The van der Waals surface area contributed by atoms with E-state index in [2.05, 4.69) is 76.3 Å². The first-order chi connectivity index (χ1) is 26.3. The Hall–Kier alpha value is -2.30. The lowest BCUT2D eigenvalue weighted by atomic mass is 9.92. The molecule has 3 N–H and O–H groups in total. The van der Waals surface area contributed by atoms with Gasteiger partial charge in [-0.2, -0.15) is 0 Å². The van der Waals surface area contributed by atoms with Crippen molar-refractivity contribution in [1.29, 1.82) is 0 Å². The zero-order chi connectivity index (χ0) is 39.9. The number of hydrogen-bond acceptors (Lipinski definition) is 7. The van der Waals surface area contributed by atoms with Gasteiger partial charge in [0, 0.05) is 39.3 Å². The summed E-state index contributed by atoms with van der Waals surface area (Å²) in [5, 5.41) is 31.0. The predicted molar refractivity (Wildman–Crippen MR) is 220 cm³/mol. The van der Waals surface area contributed by atoms with Crippen LogP contribution < -0.4 is 0 Å². The number of allylic oxidation sites excluding steroid dienone is 8. The molecule has 0 aliphatic heterocycles. The van der Waals surface area contributed by atoms with Gasteiger partial charge in [0.05, 0.1) is 17.9 Å². The highest BCUT2D eigenvalue weighted by Gasteiger charge is 2.27. The Morgan fingerprint density at radius 3 is 0.963 bits per heavy atom. The summed E-state index contributed by atoms with van der Waals surface area (Å²) >= 11 is 0. The Balaban J connectivity index is 5.15. The third-order valence-electron chi connectivity index (χ3n) is 9.23. The SMILES string of the molecule is CC/C=C\CCCCOC(CC(CCC(O)CCC(CC(OCCCC/C=C\CC)OCCCC/C=C\CC)C(=O)O)C(=O)O)OCCCC/C=C\CC. The van der Waals surface area contributed by atoms with Crippen molar-refractivity contribution < 1.29 is 43.9 Å². The van der Waals surface area contributed by atoms with Crippen LogP contribution in [0, 0.1) is 11.8 Å². The van der Waals surface area contributed by atoms with E-state index in [1.165, 1.54) is 0 Å². The van der Waals surface area contributed by atoms with Crippen LogP contribution in [0.25, 0.3) is 0 Å². The highest BCUT2D eigenvalue weighted by Crippen LogP contribution is 2.24. The monoisotopic (exact) mass is 765 g/mol. The molecule has 0 rings (SSSR count). The van der Waals surface area contributed by atoms with Crippen LogP contribution in [-0.2, 0) is 28.5 Å². The number of ether oxygens (including phenoxy) is 4. The molecule has 0 aromatic carbocycles. The Kier molecular flexibility index (Phi) is 37.3. The number of carboxylic acid groups (broad SMARTS) is 2. The molecule has 0 aromatic rings. The second-order valence-corrected chi connectivity index (χ2v) is 14.2. The Morgan fingerprint density at radius 2 is 0.722 bits per heavy atom. The molecular weight excluding hydrogens is 684 g/mol. The highest BCUT2D eigenvalue weighted by molar-refractivity contribution is 5.70. The fourth-order valence-corrected chi connectivity index (χ4v) is 5.90. The van der Waals surface area contributed by atoms with Crippen LogP contribution in [0.1, 0.15) is 169 Å². The van der Waals surface area contributed by atoms with E-state index in [0.29, 0.717) is 26.4 Å². The van der Waals surface area contributed by atoms with Gasteiger partial charge >= 0.3 is 11.9 Å². The zero-order valence-corrected chi connectivity index (χ0v) is 34.7. The van der Waals surface area contributed by atoms with Gasteiger partial charge in [-0.3, -0.25) is 9.59 Å². The first-order valence-electron chi connectivity index (χ1n) is 21.5. The van der Waals surface area contributed by atoms with Gasteiger partial charge in [0.15, 0.2) is 12.6 Å². The Bertz CT molecular complexity index is 852. The molecule has 0 aromatic heterocycles. The minimum Gasteiger partial charge on any atom is -0.481 e. The summed E-state index contributed by atoms with van der Waals surface area (Å²) in [7, 11) is 0. The van der Waals surface area contributed by atoms with E-state index in [0.717, 1.165) is 103 Å². The second kappa shape index (κ2) is 39.0. The molecule has 2 atom stereocenters. The fourth-order valence-electron chi connectivity index (χ4n) is 5.90. The molecule has 0 fully saturated rings. The van der Waals surface area contributed by atoms with E-state index < -0.39 is 42.5 Å². The molecule has 0 spiro atoms. The predicted octanol–water partition coefficient (Wildman–Crippen LogP) is 11.4. The number of rotatable bonds is 40. The maximum Gasteiger partial charge on any atom is 0.306 e. The molecule has 2 unspecified atom stereocenters. The number of carbonyl (C=O) groups is 2. The van der Waals surface area contributed by atoms with Crippen molar-refractivity contribution in [2.45, 2.75) is 188 Å². The van der Waals surface area contributed by atoms with Gasteiger partial charge in [0.25, 0.3) is 0 Å². The topological polar surface area (TPSA) is 132 Å². The molecule has 0 radical (unpaired) electrons. The number of aliphatic hydroxyl groups excluding tert-OH is 1. The highest BCUT2D eigenvalue weighted by atomic mass is 16.7.